The van der Waals surface area contributed by atoms with E-state index in [4.69, 9.17) is 20.9 Å². The van der Waals surface area contributed by atoms with Crippen molar-refractivity contribution in [1.82, 2.24) is 0 Å². The van der Waals surface area contributed by atoms with E-state index in [0.29, 0.717) is 0 Å². The number of allylic oxidation sites excluding steroid dienone is 4. The normalized spacial score (nSPS) is 29.2. The summed E-state index contributed by atoms with van der Waals surface area (Å²) < 4.78 is 12.1. The fourth-order valence-corrected chi connectivity index (χ4v) is 2.23. The van der Waals surface area contributed by atoms with Crippen LogP contribution in [0.25, 0.3) is 0 Å². The van der Waals surface area contributed by atoms with Crippen molar-refractivity contribution in [3.63, 3.8) is 0 Å². The maximum Gasteiger partial charge on any atom is 0.491 e. The first-order valence-corrected chi connectivity index (χ1v) is 6.40. The van der Waals surface area contributed by atoms with Gasteiger partial charge < -0.3 is 9.31 Å². The summed E-state index contributed by atoms with van der Waals surface area (Å²) in [6.45, 7) is 12.4. The van der Waals surface area contributed by atoms with Gasteiger partial charge in [0.25, 0.3) is 0 Å². The predicted octanol–water partition coefficient (Wildman–Crippen LogP) is 3.71. The first-order valence-electron chi connectivity index (χ1n) is 6.02. The number of hydrogen-bond donors (Lipinski definition) is 0. The Labute approximate surface area is 109 Å². The van der Waals surface area contributed by atoms with E-state index >= 15 is 0 Å². The Hall–Kier alpha value is -0.245. The predicted molar refractivity (Wildman–Crippen MR) is 71.9 cm³/mol. The van der Waals surface area contributed by atoms with E-state index in [2.05, 4.69) is 41.5 Å². The summed E-state index contributed by atoms with van der Waals surface area (Å²) in [6, 6.07) is 0. The molecule has 17 heavy (non-hydrogen) atoms. The minimum absolute atomic E-state index is 0.192. The van der Waals surface area contributed by atoms with Crippen molar-refractivity contribution < 1.29 is 9.31 Å². The summed E-state index contributed by atoms with van der Waals surface area (Å²) >= 11 is 6.22. The van der Waals surface area contributed by atoms with E-state index in [1.165, 1.54) is 0 Å². The quantitative estimate of drug-likeness (QED) is 0.664. The largest absolute Gasteiger partial charge is 0.491 e. The van der Waals surface area contributed by atoms with Crippen LogP contribution in [0.3, 0.4) is 0 Å². The Balaban J connectivity index is 2.25. The average Bonchev–Trinajstić information content (AvgIpc) is 2.50. The molecule has 0 bridgehead atoms. The minimum Gasteiger partial charge on any atom is -0.400 e. The molecule has 2 rings (SSSR count). The van der Waals surface area contributed by atoms with E-state index in [1.807, 2.05) is 12.2 Å². The van der Waals surface area contributed by atoms with Crippen molar-refractivity contribution in [1.29, 1.82) is 0 Å². The van der Waals surface area contributed by atoms with Crippen LogP contribution in [-0.4, -0.2) is 18.3 Å². The second kappa shape index (κ2) is 3.63. The van der Waals surface area contributed by atoms with Crippen molar-refractivity contribution in [2.45, 2.75) is 52.7 Å². The summed E-state index contributed by atoms with van der Waals surface area (Å²) in [7, 11) is -0.303. The number of hydrogen-bond acceptors (Lipinski definition) is 2. The summed E-state index contributed by atoms with van der Waals surface area (Å²) in [4.78, 5) is 0. The van der Waals surface area contributed by atoms with Gasteiger partial charge in [-0.1, -0.05) is 31.5 Å². The third-order valence-electron chi connectivity index (χ3n) is 4.24. The molecule has 0 amide bonds. The van der Waals surface area contributed by atoms with E-state index in [1.54, 1.807) is 0 Å². The molecule has 0 radical (unpaired) electrons. The highest BCUT2D eigenvalue weighted by molar-refractivity contribution is 6.56. The van der Waals surface area contributed by atoms with Crippen LogP contribution < -0.4 is 0 Å². The fraction of sp³-hybridized carbons (Fsp3) is 0.692. The molecule has 0 spiro atoms. The molecule has 4 heteroatoms. The first-order chi connectivity index (χ1) is 7.58. The monoisotopic (exact) mass is 254 g/mol. The first kappa shape index (κ1) is 13.2. The van der Waals surface area contributed by atoms with Gasteiger partial charge in [0.1, 0.15) is 0 Å². The second-order valence-electron chi connectivity index (χ2n) is 6.35. The van der Waals surface area contributed by atoms with Crippen LogP contribution in [0.4, 0.5) is 0 Å². The molecule has 1 heterocycles. The van der Waals surface area contributed by atoms with Gasteiger partial charge in [-0.05, 0) is 39.2 Å². The molecule has 0 aromatic heterocycles. The smallest absolute Gasteiger partial charge is 0.400 e. The van der Waals surface area contributed by atoms with Crippen molar-refractivity contribution in [3.05, 3.63) is 22.7 Å². The van der Waals surface area contributed by atoms with E-state index in [0.717, 1.165) is 10.5 Å². The van der Waals surface area contributed by atoms with Gasteiger partial charge in [0.15, 0.2) is 0 Å². The summed E-state index contributed by atoms with van der Waals surface area (Å²) in [5.74, 6) is 0. The van der Waals surface area contributed by atoms with Crippen LogP contribution in [0.5, 0.6) is 0 Å². The zero-order chi connectivity index (χ0) is 13.1. The third kappa shape index (κ3) is 1.89. The summed E-state index contributed by atoms with van der Waals surface area (Å²) in [5.41, 5.74) is 0.303. The summed E-state index contributed by atoms with van der Waals surface area (Å²) in [6.07, 6.45) is 3.95. The molecule has 0 atom stereocenters. The van der Waals surface area contributed by atoms with Gasteiger partial charge in [-0.3, -0.25) is 0 Å². The lowest BCUT2D eigenvalue weighted by Crippen LogP contribution is -2.41. The zero-order valence-electron chi connectivity index (χ0n) is 11.4. The molecule has 0 N–H and O–H groups in total. The molecule has 1 aliphatic heterocycles. The second-order valence-corrected chi connectivity index (χ2v) is 6.76. The van der Waals surface area contributed by atoms with Crippen LogP contribution in [0.15, 0.2) is 22.7 Å². The van der Waals surface area contributed by atoms with Gasteiger partial charge in [-0.15, -0.1) is 0 Å². The van der Waals surface area contributed by atoms with E-state index < -0.39 is 0 Å². The molecular weight excluding hydrogens is 234 g/mol. The van der Waals surface area contributed by atoms with Crippen LogP contribution in [-0.2, 0) is 9.31 Å². The highest BCUT2D eigenvalue weighted by Crippen LogP contribution is 2.47. The molecule has 0 saturated carbocycles. The molecule has 0 aromatic rings. The Bertz CT molecular complexity index is 392. The van der Waals surface area contributed by atoms with Gasteiger partial charge in [-0.2, -0.15) is 0 Å². The van der Waals surface area contributed by atoms with Crippen molar-refractivity contribution >= 4 is 18.7 Å². The summed E-state index contributed by atoms with van der Waals surface area (Å²) in [5, 5.41) is 0.835. The van der Waals surface area contributed by atoms with Gasteiger partial charge in [0.05, 0.1) is 11.2 Å². The number of rotatable bonds is 1. The van der Waals surface area contributed by atoms with Crippen molar-refractivity contribution in [2.75, 3.05) is 0 Å². The lowest BCUT2D eigenvalue weighted by atomic mass is 9.65. The highest BCUT2D eigenvalue weighted by atomic mass is 35.5. The minimum atomic E-state index is -0.303. The molecule has 1 saturated heterocycles. The Morgan fingerprint density at radius 3 is 1.76 bits per heavy atom. The van der Waals surface area contributed by atoms with Crippen LogP contribution in [0.2, 0.25) is 0 Å². The van der Waals surface area contributed by atoms with Gasteiger partial charge in [0.2, 0.25) is 0 Å². The lowest BCUT2D eigenvalue weighted by Gasteiger charge is -2.32. The number of halogens is 1. The average molecular weight is 255 g/mol. The van der Waals surface area contributed by atoms with Gasteiger partial charge in [-0.25, -0.2) is 0 Å². The maximum absolute atomic E-state index is 6.22. The molecule has 0 aromatic carbocycles. The lowest BCUT2D eigenvalue weighted by molar-refractivity contribution is 0.00578. The standard InChI is InChI=1S/C13H20BClO2/c1-11(2)9(7-8-10(11)15)14-16-12(3,4)13(5,6)17-14/h7-8H,1-6H3. The zero-order valence-corrected chi connectivity index (χ0v) is 12.2. The SMILES string of the molecule is CC1(C)C(Cl)=CC=C1B1OC(C)(C)C(C)(C)O1. The van der Waals surface area contributed by atoms with Gasteiger partial charge in [0, 0.05) is 10.4 Å². The topological polar surface area (TPSA) is 18.5 Å². The highest BCUT2D eigenvalue weighted by Gasteiger charge is 2.55. The molecular formula is C13H20BClO2. The van der Waals surface area contributed by atoms with Crippen molar-refractivity contribution in [2.24, 2.45) is 5.41 Å². The Morgan fingerprint density at radius 2 is 1.41 bits per heavy atom. The molecule has 0 unspecified atom stereocenters. The maximum atomic E-state index is 6.22. The van der Waals surface area contributed by atoms with E-state index in [9.17, 15) is 0 Å². The molecule has 94 valence electrons. The molecule has 1 fully saturated rings. The van der Waals surface area contributed by atoms with Crippen LogP contribution >= 0.6 is 11.6 Å². The molecule has 2 aliphatic rings. The van der Waals surface area contributed by atoms with Crippen LogP contribution in [0.1, 0.15) is 41.5 Å². The fourth-order valence-electron chi connectivity index (χ4n) is 2.06. The Kier molecular flexibility index (Phi) is 2.81. The Morgan fingerprint density at radius 1 is 0.941 bits per heavy atom. The molecule has 1 aliphatic carbocycles. The van der Waals surface area contributed by atoms with Crippen LogP contribution in [0, 0.1) is 5.41 Å². The van der Waals surface area contributed by atoms with Gasteiger partial charge >= 0.3 is 7.12 Å². The van der Waals surface area contributed by atoms with Crippen molar-refractivity contribution in [3.8, 4) is 0 Å². The van der Waals surface area contributed by atoms with E-state index in [-0.39, 0.29) is 23.7 Å². The third-order valence-corrected chi connectivity index (χ3v) is 4.83. The molecule has 2 nitrogen and oxygen atoms in total.